The zero-order valence-electron chi connectivity index (χ0n) is 18.0. The molecular weight excluding hydrogens is 423 g/mol. The monoisotopic (exact) mass is 444 g/mol. The molecule has 0 saturated carbocycles. The van der Waals surface area contributed by atoms with E-state index in [2.05, 4.69) is 20.4 Å². The summed E-state index contributed by atoms with van der Waals surface area (Å²) in [7, 11) is 0. The van der Waals surface area contributed by atoms with Gasteiger partial charge in [0, 0.05) is 30.8 Å². The number of nitrogens with zero attached hydrogens (tertiary/aromatic N) is 5. The number of halogens is 1. The zero-order chi connectivity index (χ0) is 22.9. The molecule has 1 aliphatic rings. The standard InChI is InChI=1S/C24H21FN6O2/c1-2-31-19-10-9-18(15-5-7-17(8-6-15)30-11-3-4-20(30)32)22(25)21(19)23(29-31)24(33)28-16-12-26-14-27-13-16/h5-10,12-14H,2-4,11H2,1H3,(H,28,33). The number of rotatable bonds is 5. The fraction of sp³-hybridized carbons (Fsp3) is 0.208. The zero-order valence-corrected chi connectivity index (χ0v) is 18.0. The van der Waals surface area contributed by atoms with Gasteiger partial charge in [0.15, 0.2) is 5.69 Å². The number of hydrogen-bond donors (Lipinski definition) is 1. The van der Waals surface area contributed by atoms with Crippen molar-refractivity contribution in [2.45, 2.75) is 26.3 Å². The molecule has 0 radical (unpaired) electrons. The Bertz CT molecular complexity index is 1350. The van der Waals surface area contributed by atoms with Crippen LogP contribution in [0.5, 0.6) is 0 Å². The van der Waals surface area contributed by atoms with E-state index in [-0.39, 0.29) is 17.0 Å². The number of nitrogens with one attached hydrogen (secondary N) is 1. The van der Waals surface area contributed by atoms with Crippen LogP contribution in [0.25, 0.3) is 22.0 Å². The van der Waals surface area contributed by atoms with Crippen molar-refractivity contribution in [3.63, 3.8) is 0 Å². The van der Waals surface area contributed by atoms with Gasteiger partial charge in [-0.25, -0.2) is 14.4 Å². The first-order valence-electron chi connectivity index (χ1n) is 10.7. The van der Waals surface area contributed by atoms with E-state index in [0.717, 1.165) is 12.1 Å². The van der Waals surface area contributed by atoms with Gasteiger partial charge in [-0.2, -0.15) is 5.10 Å². The lowest BCUT2D eigenvalue weighted by Crippen LogP contribution is -2.23. The van der Waals surface area contributed by atoms with Gasteiger partial charge in [0.05, 0.1) is 29.0 Å². The molecule has 1 N–H and O–H groups in total. The fourth-order valence-corrected chi connectivity index (χ4v) is 4.15. The van der Waals surface area contributed by atoms with Crippen LogP contribution in [-0.4, -0.2) is 38.1 Å². The number of anilines is 2. The quantitative estimate of drug-likeness (QED) is 0.502. The molecule has 8 nitrogen and oxygen atoms in total. The maximum Gasteiger partial charge on any atom is 0.277 e. The van der Waals surface area contributed by atoms with E-state index in [0.29, 0.717) is 41.8 Å². The summed E-state index contributed by atoms with van der Waals surface area (Å²) in [4.78, 5) is 34.4. The average Bonchev–Trinajstić information content (AvgIpc) is 3.44. The largest absolute Gasteiger partial charge is 0.318 e. The van der Waals surface area contributed by atoms with Crippen molar-refractivity contribution < 1.29 is 14.0 Å². The van der Waals surface area contributed by atoms with Gasteiger partial charge in [-0.15, -0.1) is 0 Å². The molecule has 0 unspecified atom stereocenters. The molecule has 0 aliphatic carbocycles. The van der Waals surface area contributed by atoms with Crippen molar-refractivity contribution in [2.75, 3.05) is 16.8 Å². The number of hydrogen-bond acceptors (Lipinski definition) is 5. The van der Waals surface area contributed by atoms with E-state index < -0.39 is 11.7 Å². The van der Waals surface area contributed by atoms with Crippen LogP contribution < -0.4 is 10.2 Å². The molecule has 2 aromatic heterocycles. The summed E-state index contributed by atoms with van der Waals surface area (Å²) in [5, 5.41) is 7.18. The predicted molar refractivity (Wildman–Crippen MR) is 122 cm³/mol. The van der Waals surface area contributed by atoms with Crippen LogP contribution in [0, 0.1) is 5.82 Å². The fourth-order valence-electron chi connectivity index (χ4n) is 4.15. The summed E-state index contributed by atoms with van der Waals surface area (Å²) < 4.78 is 17.4. The minimum absolute atomic E-state index is 0.00524. The molecule has 3 heterocycles. The Hall–Kier alpha value is -4.14. The van der Waals surface area contributed by atoms with Crippen molar-refractivity contribution >= 4 is 34.1 Å². The smallest absolute Gasteiger partial charge is 0.277 e. The molecule has 0 bridgehead atoms. The van der Waals surface area contributed by atoms with E-state index in [1.54, 1.807) is 33.8 Å². The highest BCUT2D eigenvalue weighted by Crippen LogP contribution is 2.33. The second-order valence-electron chi connectivity index (χ2n) is 7.76. The van der Waals surface area contributed by atoms with Crippen LogP contribution in [0.3, 0.4) is 0 Å². The van der Waals surface area contributed by atoms with Gasteiger partial charge in [0.2, 0.25) is 5.91 Å². The van der Waals surface area contributed by atoms with Crippen molar-refractivity contribution in [1.29, 1.82) is 0 Å². The predicted octanol–water partition coefficient (Wildman–Crippen LogP) is 4.03. The highest BCUT2D eigenvalue weighted by Gasteiger charge is 2.24. The SMILES string of the molecule is CCn1nc(C(=O)Nc2cncnc2)c2c(F)c(-c3ccc(N4CCCC4=O)cc3)ccc21. The molecule has 33 heavy (non-hydrogen) atoms. The van der Waals surface area contributed by atoms with E-state index in [4.69, 9.17) is 0 Å². The number of carbonyl (C=O) groups is 2. The third-order valence-electron chi connectivity index (χ3n) is 5.75. The lowest BCUT2D eigenvalue weighted by Gasteiger charge is -2.16. The Kier molecular flexibility index (Phi) is 5.29. The van der Waals surface area contributed by atoms with Crippen molar-refractivity contribution in [3.05, 3.63) is 66.6 Å². The summed E-state index contributed by atoms with van der Waals surface area (Å²) in [6, 6.07) is 10.7. The molecule has 1 aliphatic heterocycles. The van der Waals surface area contributed by atoms with E-state index in [1.807, 2.05) is 19.1 Å². The molecule has 9 heteroatoms. The van der Waals surface area contributed by atoms with Gasteiger partial charge in [-0.05, 0) is 43.2 Å². The van der Waals surface area contributed by atoms with Gasteiger partial charge >= 0.3 is 0 Å². The lowest BCUT2D eigenvalue weighted by atomic mass is 10.0. The topological polar surface area (TPSA) is 93.0 Å². The van der Waals surface area contributed by atoms with E-state index in [1.165, 1.54) is 18.7 Å². The van der Waals surface area contributed by atoms with Crippen LogP contribution >= 0.6 is 0 Å². The number of fused-ring (bicyclic) bond motifs is 1. The molecular formula is C24H21FN6O2. The second-order valence-corrected chi connectivity index (χ2v) is 7.76. The number of aryl methyl sites for hydroxylation is 1. The molecule has 2 amide bonds. The van der Waals surface area contributed by atoms with Gasteiger partial charge in [0.25, 0.3) is 5.91 Å². The third-order valence-corrected chi connectivity index (χ3v) is 5.75. The molecule has 1 saturated heterocycles. The minimum Gasteiger partial charge on any atom is -0.318 e. The van der Waals surface area contributed by atoms with Gasteiger partial charge in [0.1, 0.15) is 12.1 Å². The summed E-state index contributed by atoms with van der Waals surface area (Å²) in [6.45, 7) is 3.05. The number of aromatic nitrogens is 4. The van der Waals surface area contributed by atoms with Crippen LogP contribution in [-0.2, 0) is 11.3 Å². The maximum absolute atomic E-state index is 15.8. The highest BCUT2D eigenvalue weighted by molar-refractivity contribution is 6.12. The van der Waals surface area contributed by atoms with Gasteiger partial charge in [-0.1, -0.05) is 12.1 Å². The molecule has 0 spiro atoms. The Morgan fingerprint density at radius 2 is 1.88 bits per heavy atom. The third kappa shape index (κ3) is 3.71. The Morgan fingerprint density at radius 1 is 1.12 bits per heavy atom. The van der Waals surface area contributed by atoms with Crippen molar-refractivity contribution in [1.82, 2.24) is 19.7 Å². The van der Waals surface area contributed by atoms with Crippen LogP contribution in [0.1, 0.15) is 30.3 Å². The summed E-state index contributed by atoms with van der Waals surface area (Å²) in [5.41, 5.74) is 2.73. The molecule has 2 aromatic carbocycles. The van der Waals surface area contributed by atoms with Crippen LogP contribution in [0.2, 0.25) is 0 Å². The van der Waals surface area contributed by atoms with Crippen LogP contribution in [0.15, 0.2) is 55.1 Å². The molecule has 4 aromatic rings. The number of benzene rings is 2. The molecule has 166 valence electrons. The van der Waals surface area contributed by atoms with Gasteiger partial charge in [-0.3, -0.25) is 14.3 Å². The van der Waals surface area contributed by atoms with E-state index in [9.17, 15) is 9.59 Å². The van der Waals surface area contributed by atoms with Crippen LogP contribution in [0.4, 0.5) is 15.8 Å². The first kappa shape index (κ1) is 20.7. The molecule has 0 atom stereocenters. The first-order valence-corrected chi connectivity index (χ1v) is 10.7. The Balaban J connectivity index is 1.54. The summed E-state index contributed by atoms with van der Waals surface area (Å²) in [6.07, 6.45) is 5.66. The number of amides is 2. The van der Waals surface area contributed by atoms with Crippen molar-refractivity contribution in [2.24, 2.45) is 0 Å². The highest BCUT2D eigenvalue weighted by atomic mass is 19.1. The Labute approximate surface area is 189 Å². The minimum atomic E-state index is -0.541. The maximum atomic E-state index is 15.8. The normalized spacial score (nSPS) is 13.6. The van der Waals surface area contributed by atoms with E-state index >= 15 is 4.39 Å². The average molecular weight is 444 g/mol. The summed E-state index contributed by atoms with van der Waals surface area (Å²) in [5.74, 6) is -0.964. The first-order chi connectivity index (χ1) is 16.1. The second kappa shape index (κ2) is 8.42. The molecule has 1 fully saturated rings. The molecule has 5 rings (SSSR count). The lowest BCUT2D eigenvalue weighted by molar-refractivity contribution is -0.117. The van der Waals surface area contributed by atoms with Gasteiger partial charge < -0.3 is 10.2 Å². The number of carbonyl (C=O) groups excluding carboxylic acids is 2. The summed E-state index contributed by atoms with van der Waals surface area (Å²) >= 11 is 0. The Morgan fingerprint density at radius 3 is 2.55 bits per heavy atom. The van der Waals surface area contributed by atoms with Crippen molar-refractivity contribution in [3.8, 4) is 11.1 Å².